The lowest BCUT2D eigenvalue weighted by atomic mass is 9.55. The number of hydrazone groups is 1. The van der Waals surface area contributed by atoms with Crippen LogP contribution in [0.3, 0.4) is 0 Å². The van der Waals surface area contributed by atoms with Crippen LogP contribution in [0.1, 0.15) is 43.0 Å². The number of anilines is 1. The van der Waals surface area contributed by atoms with Crippen molar-refractivity contribution in [1.29, 1.82) is 5.26 Å². The normalized spacial score (nSPS) is 28.2. The van der Waals surface area contributed by atoms with Gasteiger partial charge in [0.1, 0.15) is 35.5 Å². The highest BCUT2D eigenvalue weighted by Crippen LogP contribution is 2.53. The van der Waals surface area contributed by atoms with Gasteiger partial charge in [0.05, 0.1) is 6.04 Å². The van der Waals surface area contributed by atoms with Crippen molar-refractivity contribution >= 4 is 17.9 Å². The second-order valence-corrected chi connectivity index (χ2v) is 8.81. The molecule has 4 aliphatic rings. The number of nitrogens with one attached hydrogen (secondary N) is 1. The summed E-state index contributed by atoms with van der Waals surface area (Å²) in [7, 11) is 0. The average molecular weight is 436 g/mol. The maximum Gasteiger partial charge on any atom is 0.246 e. The van der Waals surface area contributed by atoms with Crippen molar-refractivity contribution in [3.05, 3.63) is 53.5 Å². The SMILES string of the molecule is N#Cc1cc(NCC2C[C@H](C(=O)N3N=CCC3c3cc(F)cc(F)c3)C3CC2C3)ncn1. The van der Waals surface area contributed by atoms with Crippen LogP contribution in [0.4, 0.5) is 14.6 Å². The van der Waals surface area contributed by atoms with E-state index in [1.807, 2.05) is 6.07 Å². The lowest BCUT2D eigenvalue weighted by Crippen LogP contribution is -2.50. The minimum Gasteiger partial charge on any atom is -0.370 e. The van der Waals surface area contributed by atoms with Gasteiger partial charge < -0.3 is 5.32 Å². The molecule has 1 amide bonds. The molecule has 1 aromatic heterocycles. The number of fused-ring (bicyclic) bond motifs is 2. The van der Waals surface area contributed by atoms with Crippen molar-refractivity contribution in [2.75, 3.05) is 11.9 Å². The quantitative estimate of drug-likeness (QED) is 0.772. The Morgan fingerprint density at radius 2 is 1.91 bits per heavy atom. The maximum atomic E-state index is 13.7. The van der Waals surface area contributed by atoms with E-state index in [-0.39, 0.29) is 11.8 Å². The van der Waals surface area contributed by atoms with Crippen LogP contribution in [0.25, 0.3) is 0 Å². The molecule has 0 spiro atoms. The molecule has 9 heteroatoms. The van der Waals surface area contributed by atoms with Gasteiger partial charge in [0.15, 0.2) is 0 Å². The van der Waals surface area contributed by atoms with Crippen LogP contribution in [0, 0.1) is 46.6 Å². The Morgan fingerprint density at radius 3 is 2.66 bits per heavy atom. The monoisotopic (exact) mass is 436 g/mol. The van der Waals surface area contributed by atoms with E-state index in [1.165, 1.54) is 23.5 Å². The molecule has 1 aromatic carbocycles. The number of aromatic nitrogens is 2. The number of rotatable bonds is 5. The highest BCUT2D eigenvalue weighted by molar-refractivity contribution is 5.82. The predicted molar refractivity (Wildman–Crippen MR) is 112 cm³/mol. The summed E-state index contributed by atoms with van der Waals surface area (Å²) in [4.78, 5) is 21.5. The molecule has 1 aliphatic heterocycles. The van der Waals surface area contributed by atoms with Crippen molar-refractivity contribution in [2.24, 2.45) is 28.8 Å². The molecule has 2 heterocycles. The van der Waals surface area contributed by atoms with E-state index in [9.17, 15) is 13.6 Å². The van der Waals surface area contributed by atoms with Gasteiger partial charge in [0.25, 0.3) is 0 Å². The molecule has 2 bridgehead atoms. The van der Waals surface area contributed by atoms with Gasteiger partial charge in [-0.25, -0.2) is 23.8 Å². The zero-order valence-corrected chi connectivity index (χ0v) is 17.3. The maximum absolute atomic E-state index is 13.7. The third-order valence-corrected chi connectivity index (χ3v) is 6.97. The average Bonchev–Trinajstić information content (AvgIpc) is 3.26. The zero-order valence-electron chi connectivity index (χ0n) is 17.3. The first-order valence-electron chi connectivity index (χ1n) is 10.8. The highest BCUT2D eigenvalue weighted by Gasteiger charge is 2.50. The second kappa shape index (κ2) is 8.26. The number of carbonyl (C=O) groups is 1. The van der Waals surface area contributed by atoms with E-state index in [0.717, 1.165) is 25.3 Å². The van der Waals surface area contributed by atoms with Gasteiger partial charge in [0.2, 0.25) is 5.91 Å². The molecule has 2 unspecified atom stereocenters. The van der Waals surface area contributed by atoms with E-state index in [1.54, 1.807) is 12.3 Å². The molecular formula is C23H22F2N6O. The molecule has 0 radical (unpaired) electrons. The summed E-state index contributed by atoms with van der Waals surface area (Å²) in [5.41, 5.74) is 0.723. The minimum absolute atomic E-state index is 0.0737. The lowest BCUT2D eigenvalue weighted by molar-refractivity contribution is -0.147. The van der Waals surface area contributed by atoms with Crippen molar-refractivity contribution in [3.63, 3.8) is 0 Å². The topological polar surface area (TPSA) is 94.3 Å². The van der Waals surface area contributed by atoms with Crippen LogP contribution in [0.2, 0.25) is 0 Å². The number of carbonyl (C=O) groups excluding carboxylic acids is 1. The number of hydrogen-bond donors (Lipinski definition) is 1. The molecule has 3 aliphatic carbocycles. The molecule has 0 saturated heterocycles. The Morgan fingerprint density at radius 1 is 1.12 bits per heavy atom. The molecule has 3 saturated carbocycles. The Hall–Kier alpha value is -3.41. The molecule has 7 nitrogen and oxygen atoms in total. The minimum atomic E-state index is -0.658. The van der Waals surface area contributed by atoms with Crippen LogP contribution >= 0.6 is 0 Å². The van der Waals surface area contributed by atoms with Gasteiger partial charge in [-0.3, -0.25) is 4.79 Å². The predicted octanol–water partition coefficient (Wildman–Crippen LogP) is 3.66. The fraction of sp³-hybridized carbons (Fsp3) is 0.435. The summed E-state index contributed by atoms with van der Waals surface area (Å²) < 4.78 is 27.5. The van der Waals surface area contributed by atoms with Crippen molar-refractivity contribution in [2.45, 2.75) is 31.7 Å². The molecule has 3 atom stereocenters. The summed E-state index contributed by atoms with van der Waals surface area (Å²) in [6.45, 7) is 0.658. The van der Waals surface area contributed by atoms with Crippen molar-refractivity contribution < 1.29 is 13.6 Å². The van der Waals surface area contributed by atoms with Gasteiger partial charge in [-0.15, -0.1) is 0 Å². The second-order valence-electron chi connectivity index (χ2n) is 8.81. The standard InChI is InChI=1S/C23H22F2N6O/c24-17-5-15(6-18(25)8-17)21-1-2-30-31(21)23(32)20-7-16(13-3-14(20)4-13)11-27-22-9-19(10-26)28-12-29-22/h2,5-6,8-9,12-14,16,20-21H,1,3-4,7,11H2,(H,27,28,29)/t13?,14?,16?,20-,21?/m0/s1. The fourth-order valence-corrected chi connectivity index (χ4v) is 5.28. The Labute approximate surface area is 184 Å². The van der Waals surface area contributed by atoms with E-state index in [2.05, 4.69) is 20.4 Å². The van der Waals surface area contributed by atoms with Crippen LogP contribution < -0.4 is 5.32 Å². The van der Waals surface area contributed by atoms with E-state index in [0.29, 0.717) is 47.8 Å². The van der Waals surface area contributed by atoms with Crippen LogP contribution in [-0.4, -0.2) is 33.6 Å². The number of benzene rings is 1. The molecule has 6 rings (SSSR count). The van der Waals surface area contributed by atoms with Crippen LogP contribution in [0.5, 0.6) is 0 Å². The molecular weight excluding hydrogens is 414 g/mol. The first-order valence-corrected chi connectivity index (χ1v) is 10.8. The molecule has 32 heavy (non-hydrogen) atoms. The third kappa shape index (κ3) is 3.81. The molecule has 164 valence electrons. The van der Waals surface area contributed by atoms with E-state index < -0.39 is 17.7 Å². The Kier molecular flexibility index (Phi) is 5.29. The molecule has 3 fully saturated rings. The van der Waals surface area contributed by atoms with E-state index in [4.69, 9.17) is 5.26 Å². The van der Waals surface area contributed by atoms with Crippen molar-refractivity contribution in [3.8, 4) is 6.07 Å². The van der Waals surface area contributed by atoms with Gasteiger partial charge in [-0.05, 0) is 54.7 Å². The smallest absolute Gasteiger partial charge is 0.246 e. The first kappa shape index (κ1) is 20.5. The van der Waals surface area contributed by atoms with Crippen LogP contribution in [-0.2, 0) is 4.79 Å². The van der Waals surface area contributed by atoms with Gasteiger partial charge >= 0.3 is 0 Å². The Balaban J connectivity index is 1.27. The summed E-state index contributed by atoms with van der Waals surface area (Å²) in [6.07, 6.45) is 6.15. The fourth-order valence-electron chi connectivity index (χ4n) is 5.28. The summed E-state index contributed by atoms with van der Waals surface area (Å²) in [5, 5.41) is 18.0. The zero-order chi connectivity index (χ0) is 22.2. The summed E-state index contributed by atoms with van der Waals surface area (Å²) in [5.74, 6) is 0.226. The number of halogens is 2. The van der Waals surface area contributed by atoms with Crippen molar-refractivity contribution in [1.82, 2.24) is 15.0 Å². The van der Waals surface area contributed by atoms with Crippen LogP contribution in [0.15, 0.2) is 35.7 Å². The third-order valence-electron chi connectivity index (χ3n) is 6.97. The number of nitriles is 1. The highest BCUT2D eigenvalue weighted by atomic mass is 19.1. The number of hydrogen-bond acceptors (Lipinski definition) is 6. The number of nitrogens with zero attached hydrogens (tertiary/aromatic N) is 5. The van der Waals surface area contributed by atoms with Gasteiger partial charge in [-0.1, -0.05) is 0 Å². The first-order chi connectivity index (χ1) is 15.5. The summed E-state index contributed by atoms with van der Waals surface area (Å²) >= 11 is 0. The van der Waals surface area contributed by atoms with Gasteiger partial charge in [0, 0.05) is 37.2 Å². The molecule has 2 aromatic rings. The van der Waals surface area contributed by atoms with E-state index >= 15 is 0 Å². The van der Waals surface area contributed by atoms with Gasteiger partial charge in [-0.2, -0.15) is 10.4 Å². The summed E-state index contributed by atoms with van der Waals surface area (Å²) in [6, 6.07) is 6.50. The largest absolute Gasteiger partial charge is 0.370 e. The lowest BCUT2D eigenvalue weighted by Gasteiger charge is -2.51. The number of amides is 1. The molecule has 1 N–H and O–H groups in total. The Bertz CT molecular complexity index is 1090.